The molecule has 0 heterocycles. The maximum absolute atomic E-state index is 11.7. The van der Waals surface area contributed by atoms with Gasteiger partial charge in [-0.25, -0.2) is 0 Å². The van der Waals surface area contributed by atoms with Crippen LogP contribution in [0.3, 0.4) is 0 Å². The first-order chi connectivity index (χ1) is 15.7. The lowest BCUT2D eigenvalue weighted by Crippen LogP contribution is -2.41. The Hall–Kier alpha value is -1.15. The largest absolute Gasteiger partial charge is 0.376 e. The van der Waals surface area contributed by atoms with Gasteiger partial charge in [0.15, 0.2) is 0 Å². The molecule has 0 aliphatic heterocycles. The molecule has 1 aromatic rings. The first kappa shape index (κ1) is 27.1. The average molecular weight is 443 g/mol. The lowest BCUT2D eigenvalue weighted by Gasteiger charge is -2.40. The van der Waals surface area contributed by atoms with Crippen molar-refractivity contribution in [2.75, 3.05) is 6.61 Å². The van der Waals surface area contributed by atoms with Gasteiger partial charge in [0.1, 0.15) is 5.78 Å². The summed E-state index contributed by atoms with van der Waals surface area (Å²) in [5.41, 5.74) is 1.36. The van der Waals surface area contributed by atoms with E-state index < -0.39 is 0 Å². The van der Waals surface area contributed by atoms with Gasteiger partial charge in [0.05, 0.1) is 13.2 Å². The predicted molar refractivity (Wildman–Crippen MR) is 137 cm³/mol. The zero-order valence-electron chi connectivity index (χ0n) is 21.1. The van der Waals surface area contributed by atoms with Crippen LogP contribution in [-0.4, -0.2) is 12.4 Å². The molecule has 0 N–H and O–H groups in total. The predicted octanol–water partition coefficient (Wildman–Crippen LogP) is 9.20. The third-order valence-corrected chi connectivity index (χ3v) is 7.22. The Bertz CT molecular complexity index is 572. The van der Waals surface area contributed by atoms with Crippen LogP contribution < -0.4 is 0 Å². The SMILES string of the molecule is CCCCCCCCCCCCCCCCCCC1(COCc2ccccc2)CC(=O)C1. The van der Waals surface area contributed by atoms with Gasteiger partial charge in [-0.05, 0) is 12.0 Å². The van der Waals surface area contributed by atoms with Crippen molar-refractivity contribution in [3.05, 3.63) is 35.9 Å². The van der Waals surface area contributed by atoms with E-state index in [1.807, 2.05) is 6.07 Å². The zero-order valence-corrected chi connectivity index (χ0v) is 21.1. The molecular weight excluding hydrogens is 392 g/mol. The second-order valence-corrected chi connectivity index (χ2v) is 10.4. The van der Waals surface area contributed by atoms with Gasteiger partial charge in [-0.15, -0.1) is 0 Å². The smallest absolute Gasteiger partial charge is 0.134 e. The van der Waals surface area contributed by atoms with Crippen molar-refractivity contribution >= 4 is 5.78 Å². The minimum Gasteiger partial charge on any atom is -0.376 e. The number of hydrogen-bond donors (Lipinski definition) is 0. The number of ketones is 1. The lowest BCUT2D eigenvalue weighted by molar-refractivity contribution is -0.138. The number of rotatable bonds is 21. The topological polar surface area (TPSA) is 26.3 Å². The molecular formula is C30H50O2. The Kier molecular flexibility index (Phi) is 14.7. The van der Waals surface area contributed by atoms with Crippen LogP contribution in [-0.2, 0) is 16.1 Å². The molecule has 2 rings (SSSR count). The van der Waals surface area contributed by atoms with Crippen molar-refractivity contribution in [1.29, 1.82) is 0 Å². The Balaban J connectivity index is 1.38. The first-order valence-electron chi connectivity index (χ1n) is 13.9. The van der Waals surface area contributed by atoms with Crippen LogP contribution in [0, 0.1) is 5.41 Å². The fourth-order valence-corrected chi connectivity index (χ4v) is 5.14. The monoisotopic (exact) mass is 442 g/mol. The fraction of sp³-hybridized carbons (Fsp3) is 0.767. The molecule has 1 fully saturated rings. The summed E-state index contributed by atoms with van der Waals surface area (Å²) < 4.78 is 6.00. The molecule has 182 valence electrons. The summed E-state index contributed by atoms with van der Waals surface area (Å²) in [7, 11) is 0. The maximum atomic E-state index is 11.7. The lowest BCUT2D eigenvalue weighted by atomic mass is 9.65. The van der Waals surface area contributed by atoms with Crippen LogP contribution in [0.25, 0.3) is 0 Å². The number of ether oxygens (including phenoxy) is 1. The van der Waals surface area contributed by atoms with Crippen LogP contribution >= 0.6 is 0 Å². The number of hydrogen-bond acceptors (Lipinski definition) is 2. The highest BCUT2D eigenvalue weighted by Gasteiger charge is 2.42. The van der Waals surface area contributed by atoms with E-state index in [0.717, 1.165) is 25.9 Å². The molecule has 0 spiro atoms. The van der Waals surface area contributed by atoms with Gasteiger partial charge in [-0.2, -0.15) is 0 Å². The maximum Gasteiger partial charge on any atom is 0.134 e. The van der Waals surface area contributed by atoms with Crippen molar-refractivity contribution in [3.8, 4) is 0 Å². The fourth-order valence-electron chi connectivity index (χ4n) is 5.14. The summed E-state index contributed by atoms with van der Waals surface area (Å²) in [5.74, 6) is 0.421. The zero-order chi connectivity index (χ0) is 22.7. The van der Waals surface area contributed by atoms with Crippen molar-refractivity contribution in [2.24, 2.45) is 5.41 Å². The summed E-state index contributed by atoms with van der Waals surface area (Å²) in [6, 6.07) is 10.4. The van der Waals surface area contributed by atoms with Crippen LogP contribution in [0.15, 0.2) is 30.3 Å². The van der Waals surface area contributed by atoms with E-state index in [0.29, 0.717) is 12.4 Å². The minimum absolute atomic E-state index is 0.141. The third kappa shape index (κ3) is 12.2. The third-order valence-electron chi connectivity index (χ3n) is 7.22. The molecule has 1 aliphatic carbocycles. The molecule has 0 atom stereocenters. The number of Topliss-reactive ketones (excluding diaryl/α,β-unsaturated/α-hetero) is 1. The molecule has 1 saturated carbocycles. The van der Waals surface area contributed by atoms with Crippen LogP contribution in [0.1, 0.15) is 134 Å². The Morgan fingerprint density at radius 2 is 1.16 bits per heavy atom. The average Bonchev–Trinajstić information content (AvgIpc) is 2.78. The quantitative estimate of drug-likeness (QED) is 0.177. The summed E-state index contributed by atoms with van der Waals surface area (Å²) in [4.78, 5) is 11.7. The van der Waals surface area contributed by atoms with Crippen molar-refractivity contribution in [2.45, 2.75) is 136 Å². The molecule has 2 heteroatoms. The van der Waals surface area contributed by atoms with E-state index in [-0.39, 0.29) is 5.41 Å². The molecule has 32 heavy (non-hydrogen) atoms. The second kappa shape index (κ2) is 17.3. The van der Waals surface area contributed by atoms with Crippen LogP contribution in [0.2, 0.25) is 0 Å². The minimum atomic E-state index is 0.141. The van der Waals surface area contributed by atoms with E-state index in [1.165, 1.54) is 108 Å². The van der Waals surface area contributed by atoms with Gasteiger partial charge in [-0.1, -0.05) is 140 Å². The van der Waals surface area contributed by atoms with Crippen molar-refractivity contribution < 1.29 is 9.53 Å². The Morgan fingerprint density at radius 1 is 0.688 bits per heavy atom. The molecule has 0 unspecified atom stereocenters. The van der Waals surface area contributed by atoms with E-state index in [9.17, 15) is 4.79 Å². The van der Waals surface area contributed by atoms with E-state index in [1.54, 1.807) is 0 Å². The summed E-state index contributed by atoms with van der Waals surface area (Å²) in [6.07, 6.45) is 25.1. The van der Waals surface area contributed by atoms with Crippen molar-refractivity contribution in [3.63, 3.8) is 0 Å². The summed E-state index contributed by atoms with van der Waals surface area (Å²) in [5, 5.41) is 0. The first-order valence-corrected chi connectivity index (χ1v) is 13.9. The van der Waals surface area contributed by atoms with Gasteiger partial charge in [0.2, 0.25) is 0 Å². The molecule has 1 aliphatic rings. The molecule has 2 nitrogen and oxygen atoms in total. The number of carbonyl (C=O) groups is 1. The molecule has 0 bridgehead atoms. The Morgan fingerprint density at radius 3 is 1.62 bits per heavy atom. The van der Waals surface area contributed by atoms with Gasteiger partial charge in [-0.3, -0.25) is 4.79 Å². The van der Waals surface area contributed by atoms with E-state index in [2.05, 4.69) is 31.2 Å². The van der Waals surface area contributed by atoms with Gasteiger partial charge in [0, 0.05) is 18.3 Å². The summed E-state index contributed by atoms with van der Waals surface area (Å²) >= 11 is 0. The highest BCUT2D eigenvalue weighted by molar-refractivity contribution is 5.86. The highest BCUT2D eigenvalue weighted by atomic mass is 16.5. The normalized spacial score (nSPS) is 15.1. The summed E-state index contributed by atoms with van der Waals surface area (Å²) in [6.45, 7) is 3.69. The number of unbranched alkanes of at least 4 members (excludes halogenated alkanes) is 15. The number of benzene rings is 1. The number of carbonyl (C=O) groups excluding carboxylic acids is 1. The van der Waals surface area contributed by atoms with Gasteiger partial charge < -0.3 is 4.74 Å². The van der Waals surface area contributed by atoms with E-state index >= 15 is 0 Å². The van der Waals surface area contributed by atoms with Gasteiger partial charge in [0.25, 0.3) is 0 Å². The molecule has 0 saturated heterocycles. The second-order valence-electron chi connectivity index (χ2n) is 10.4. The Labute approximate surface area is 198 Å². The molecule has 1 aromatic carbocycles. The van der Waals surface area contributed by atoms with E-state index in [4.69, 9.17) is 4.74 Å². The van der Waals surface area contributed by atoms with Crippen molar-refractivity contribution in [1.82, 2.24) is 0 Å². The highest BCUT2D eigenvalue weighted by Crippen LogP contribution is 2.43. The standard InChI is InChI=1S/C30H50O2/c1-2-3-4-5-6-7-8-9-10-11-12-13-14-15-16-20-23-30(24-29(31)25-30)27-32-26-28-21-18-17-19-22-28/h17-19,21-22H,2-16,20,23-27H2,1H3. The molecule has 0 radical (unpaired) electrons. The molecule has 0 aromatic heterocycles. The van der Waals surface area contributed by atoms with Crippen LogP contribution in [0.5, 0.6) is 0 Å². The van der Waals surface area contributed by atoms with Gasteiger partial charge >= 0.3 is 0 Å². The molecule has 0 amide bonds. The van der Waals surface area contributed by atoms with Crippen LogP contribution in [0.4, 0.5) is 0 Å².